The van der Waals surface area contributed by atoms with Crippen LogP contribution < -0.4 is 15.0 Å². The first-order valence-electron chi connectivity index (χ1n) is 5.34. The van der Waals surface area contributed by atoms with Crippen molar-refractivity contribution in [2.24, 2.45) is 0 Å². The topological polar surface area (TPSA) is 93.5 Å². The van der Waals surface area contributed by atoms with E-state index < -0.39 is 11.5 Å². The molecule has 2 N–H and O–H groups in total. The first-order valence-corrected chi connectivity index (χ1v) is 5.34. The molecule has 19 heavy (non-hydrogen) atoms. The highest BCUT2D eigenvalue weighted by Crippen LogP contribution is 2.28. The standard InChI is InChI=1S/C12H12N2O5/c1-18-9-4-3-7(5-10(9)19-2)14-11(15)6-8(13-14)12(16)17/h3-6,13H,1-2H3,(H,16,17). The van der Waals surface area contributed by atoms with Crippen molar-refractivity contribution in [3.63, 3.8) is 0 Å². The molecule has 7 heteroatoms. The Labute approximate surface area is 108 Å². The molecule has 1 aromatic heterocycles. The van der Waals surface area contributed by atoms with E-state index in [9.17, 15) is 9.59 Å². The molecule has 0 saturated heterocycles. The molecule has 0 aliphatic carbocycles. The zero-order valence-corrected chi connectivity index (χ0v) is 10.3. The van der Waals surface area contributed by atoms with E-state index in [0.717, 1.165) is 10.7 Å². The van der Waals surface area contributed by atoms with Gasteiger partial charge in [-0.05, 0) is 12.1 Å². The van der Waals surface area contributed by atoms with Crippen LogP contribution >= 0.6 is 0 Å². The molecule has 1 aromatic carbocycles. The Hall–Kier alpha value is -2.70. The van der Waals surface area contributed by atoms with Crippen LogP contribution in [-0.2, 0) is 0 Å². The largest absolute Gasteiger partial charge is 0.493 e. The van der Waals surface area contributed by atoms with E-state index in [0.29, 0.717) is 17.2 Å². The predicted molar refractivity (Wildman–Crippen MR) is 66.5 cm³/mol. The highest BCUT2D eigenvalue weighted by atomic mass is 16.5. The van der Waals surface area contributed by atoms with E-state index in [4.69, 9.17) is 14.6 Å². The number of carbonyl (C=O) groups is 1. The highest BCUT2D eigenvalue weighted by molar-refractivity contribution is 5.85. The maximum Gasteiger partial charge on any atom is 0.353 e. The zero-order chi connectivity index (χ0) is 14.0. The van der Waals surface area contributed by atoms with Gasteiger partial charge in [0.2, 0.25) is 0 Å². The number of nitrogens with zero attached hydrogens (tertiary/aromatic N) is 1. The molecule has 0 spiro atoms. The summed E-state index contributed by atoms with van der Waals surface area (Å²) in [5.41, 5.74) is -0.195. The van der Waals surface area contributed by atoms with Gasteiger partial charge < -0.3 is 14.6 Å². The number of nitrogens with one attached hydrogen (secondary N) is 1. The maximum atomic E-state index is 11.7. The summed E-state index contributed by atoms with van der Waals surface area (Å²) in [7, 11) is 2.97. The Balaban J connectivity index is 2.53. The summed E-state index contributed by atoms with van der Waals surface area (Å²) < 4.78 is 11.3. The predicted octanol–water partition coefficient (Wildman–Crippen LogP) is 0.881. The highest BCUT2D eigenvalue weighted by Gasteiger charge is 2.12. The fourth-order valence-electron chi connectivity index (χ4n) is 1.66. The number of H-pyrrole nitrogens is 1. The van der Waals surface area contributed by atoms with E-state index in [1.807, 2.05) is 0 Å². The Morgan fingerprint density at radius 1 is 1.21 bits per heavy atom. The van der Waals surface area contributed by atoms with Gasteiger partial charge in [-0.15, -0.1) is 0 Å². The number of rotatable bonds is 4. The Morgan fingerprint density at radius 2 is 1.89 bits per heavy atom. The molecule has 0 saturated carbocycles. The lowest BCUT2D eigenvalue weighted by atomic mass is 10.3. The minimum Gasteiger partial charge on any atom is -0.493 e. The van der Waals surface area contributed by atoms with Gasteiger partial charge in [-0.25, -0.2) is 9.48 Å². The van der Waals surface area contributed by atoms with E-state index in [2.05, 4.69) is 5.10 Å². The summed E-state index contributed by atoms with van der Waals surface area (Å²) in [6, 6.07) is 5.83. The molecular formula is C12H12N2O5. The lowest BCUT2D eigenvalue weighted by Gasteiger charge is -2.09. The van der Waals surface area contributed by atoms with Crippen molar-refractivity contribution in [3.8, 4) is 17.2 Å². The van der Waals surface area contributed by atoms with Crippen molar-refractivity contribution in [2.75, 3.05) is 14.2 Å². The SMILES string of the molecule is COc1ccc(-n2[nH]c(C(=O)O)cc2=O)cc1OC. The molecule has 1 heterocycles. The van der Waals surface area contributed by atoms with Gasteiger partial charge in [0, 0.05) is 12.1 Å². The van der Waals surface area contributed by atoms with Crippen molar-refractivity contribution < 1.29 is 19.4 Å². The van der Waals surface area contributed by atoms with Crippen LogP contribution in [0.1, 0.15) is 10.5 Å². The molecule has 0 radical (unpaired) electrons. The number of hydrogen-bond donors (Lipinski definition) is 2. The maximum absolute atomic E-state index is 11.7. The fourth-order valence-corrected chi connectivity index (χ4v) is 1.66. The molecule has 7 nitrogen and oxygen atoms in total. The monoisotopic (exact) mass is 264 g/mol. The number of benzene rings is 1. The van der Waals surface area contributed by atoms with Crippen LogP contribution in [0.4, 0.5) is 0 Å². The number of carboxylic acids is 1. The third-order valence-electron chi connectivity index (χ3n) is 2.58. The van der Waals surface area contributed by atoms with Gasteiger partial charge in [-0.3, -0.25) is 9.89 Å². The number of aromatic carboxylic acids is 1. The molecule has 0 bridgehead atoms. The van der Waals surface area contributed by atoms with Gasteiger partial charge >= 0.3 is 5.97 Å². The average Bonchev–Trinajstić information content (AvgIpc) is 2.80. The summed E-state index contributed by atoms with van der Waals surface area (Å²) in [4.78, 5) is 22.5. The van der Waals surface area contributed by atoms with Crippen LogP contribution in [0, 0.1) is 0 Å². The average molecular weight is 264 g/mol. The first kappa shape index (κ1) is 12.7. The molecule has 2 rings (SSSR count). The summed E-state index contributed by atoms with van der Waals surface area (Å²) in [5, 5.41) is 11.3. The molecule has 0 unspecified atom stereocenters. The number of aromatic nitrogens is 2. The summed E-state index contributed by atoms with van der Waals surface area (Å²) in [6.07, 6.45) is 0. The van der Waals surface area contributed by atoms with Gasteiger partial charge in [0.25, 0.3) is 5.56 Å². The molecule has 0 atom stereocenters. The van der Waals surface area contributed by atoms with Crippen LogP contribution in [0.2, 0.25) is 0 Å². The van der Waals surface area contributed by atoms with Crippen LogP contribution in [0.15, 0.2) is 29.1 Å². The minimum absolute atomic E-state index is 0.181. The first-order chi connectivity index (χ1) is 9.06. The summed E-state index contributed by atoms with van der Waals surface area (Å²) in [5.74, 6) is -0.237. The van der Waals surface area contributed by atoms with E-state index >= 15 is 0 Å². The van der Waals surface area contributed by atoms with Gasteiger partial charge in [0.15, 0.2) is 11.5 Å². The van der Waals surface area contributed by atoms with Crippen LogP contribution in [-0.4, -0.2) is 35.1 Å². The van der Waals surface area contributed by atoms with Crippen LogP contribution in [0.3, 0.4) is 0 Å². The smallest absolute Gasteiger partial charge is 0.353 e. The van der Waals surface area contributed by atoms with Gasteiger partial charge in [-0.1, -0.05) is 0 Å². The second-order valence-corrected chi connectivity index (χ2v) is 3.69. The van der Waals surface area contributed by atoms with Crippen molar-refractivity contribution in [1.82, 2.24) is 9.78 Å². The Kier molecular flexibility index (Phi) is 3.28. The summed E-state index contributed by atoms with van der Waals surface area (Å²) >= 11 is 0. The van der Waals surface area contributed by atoms with Gasteiger partial charge in [0.1, 0.15) is 5.69 Å². The second kappa shape index (κ2) is 4.89. The lowest BCUT2D eigenvalue weighted by molar-refractivity contribution is 0.0690. The van der Waals surface area contributed by atoms with Crippen molar-refractivity contribution in [1.29, 1.82) is 0 Å². The molecule has 0 aliphatic rings. The second-order valence-electron chi connectivity index (χ2n) is 3.69. The van der Waals surface area contributed by atoms with Crippen LogP contribution in [0.5, 0.6) is 11.5 Å². The lowest BCUT2D eigenvalue weighted by Crippen LogP contribution is -2.13. The zero-order valence-electron chi connectivity index (χ0n) is 10.3. The quantitative estimate of drug-likeness (QED) is 0.855. The minimum atomic E-state index is -1.20. The van der Waals surface area contributed by atoms with Crippen molar-refractivity contribution in [3.05, 3.63) is 40.3 Å². The molecule has 0 aliphatic heterocycles. The third-order valence-corrected chi connectivity index (χ3v) is 2.58. The molecule has 2 aromatic rings. The summed E-state index contributed by atoms with van der Waals surface area (Å²) in [6.45, 7) is 0. The van der Waals surface area contributed by atoms with Gasteiger partial charge in [0.05, 0.1) is 19.9 Å². The molecule has 100 valence electrons. The fraction of sp³-hybridized carbons (Fsp3) is 0.167. The third kappa shape index (κ3) is 2.30. The van der Waals surface area contributed by atoms with Crippen LogP contribution in [0.25, 0.3) is 5.69 Å². The molecule has 0 amide bonds. The Morgan fingerprint density at radius 3 is 2.42 bits per heavy atom. The molecular weight excluding hydrogens is 252 g/mol. The van der Waals surface area contributed by atoms with Crippen molar-refractivity contribution in [2.45, 2.75) is 0 Å². The number of methoxy groups -OCH3 is 2. The van der Waals surface area contributed by atoms with E-state index in [1.54, 1.807) is 18.2 Å². The van der Waals surface area contributed by atoms with Gasteiger partial charge in [-0.2, -0.15) is 0 Å². The Bertz CT molecular complexity index is 671. The number of ether oxygens (including phenoxy) is 2. The van der Waals surface area contributed by atoms with E-state index in [1.165, 1.54) is 14.2 Å². The number of hydrogen-bond acceptors (Lipinski definition) is 4. The van der Waals surface area contributed by atoms with Crippen molar-refractivity contribution >= 4 is 5.97 Å². The number of aromatic amines is 1. The van der Waals surface area contributed by atoms with E-state index in [-0.39, 0.29) is 5.69 Å². The normalized spacial score (nSPS) is 10.2. The molecule has 0 fully saturated rings. The number of carboxylic acid groups (broad SMARTS) is 1.